The molecule has 1 aliphatic rings. The molecule has 0 amide bonds. The zero-order valence-corrected chi connectivity index (χ0v) is 11.9. The van der Waals surface area contributed by atoms with Gasteiger partial charge in [-0.15, -0.1) is 0 Å². The van der Waals surface area contributed by atoms with E-state index in [1.54, 1.807) is 0 Å². The number of aromatic nitrogens is 2. The Bertz CT molecular complexity index is 758. The van der Waals surface area contributed by atoms with Gasteiger partial charge in [0.1, 0.15) is 5.15 Å². The SMILES string of the molecule is CC1(Cn2c(=O)[nH]c(Cl)c(-c3ccccc3)c2=O)CC1. The smallest absolute Gasteiger partial charge is 0.297 e. The Hall–Kier alpha value is -1.81. The second-order valence-electron chi connectivity index (χ2n) is 5.69. The van der Waals surface area contributed by atoms with Gasteiger partial charge in [-0.1, -0.05) is 48.9 Å². The minimum atomic E-state index is -0.437. The molecule has 0 bridgehead atoms. The maximum Gasteiger partial charge on any atom is 0.329 e. The Kier molecular flexibility index (Phi) is 3.05. The Morgan fingerprint density at radius 2 is 1.90 bits per heavy atom. The summed E-state index contributed by atoms with van der Waals surface area (Å²) in [5, 5.41) is 0.100. The molecule has 20 heavy (non-hydrogen) atoms. The molecule has 0 aliphatic heterocycles. The van der Waals surface area contributed by atoms with Crippen LogP contribution in [0.4, 0.5) is 0 Å². The number of halogens is 1. The average molecular weight is 291 g/mol. The van der Waals surface area contributed by atoms with Crippen molar-refractivity contribution in [3.8, 4) is 11.1 Å². The molecule has 2 aromatic rings. The molecule has 1 aliphatic carbocycles. The molecular formula is C15H15ClN2O2. The van der Waals surface area contributed by atoms with Gasteiger partial charge in [-0.05, 0) is 23.8 Å². The molecule has 0 saturated heterocycles. The Labute approximate surface area is 121 Å². The van der Waals surface area contributed by atoms with Crippen molar-refractivity contribution in [2.45, 2.75) is 26.3 Å². The molecule has 0 atom stereocenters. The first-order valence-electron chi connectivity index (χ1n) is 6.58. The van der Waals surface area contributed by atoms with Crippen molar-refractivity contribution in [1.82, 2.24) is 9.55 Å². The van der Waals surface area contributed by atoms with Gasteiger partial charge in [0.05, 0.1) is 5.56 Å². The summed E-state index contributed by atoms with van der Waals surface area (Å²) in [7, 11) is 0. The third-order valence-corrected chi connectivity index (χ3v) is 4.13. The van der Waals surface area contributed by atoms with Crippen LogP contribution in [0.5, 0.6) is 0 Å². The van der Waals surface area contributed by atoms with Crippen LogP contribution < -0.4 is 11.2 Å². The highest BCUT2D eigenvalue weighted by Crippen LogP contribution is 2.45. The van der Waals surface area contributed by atoms with Crippen molar-refractivity contribution in [1.29, 1.82) is 0 Å². The summed E-state index contributed by atoms with van der Waals surface area (Å²) in [6, 6.07) is 9.16. The highest BCUT2D eigenvalue weighted by atomic mass is 35.5. The van der Waals surface area contributed by atoms with Crippen molar-refractivity contribution < 1.29 is 0 Å². The molecule has 4 nitrogen and oxygen atoms in total. The molecule has 1 fully saturated rings. The number of H-pyrrole nitrogens is 1. The van der Waals surface area contributed by atoms with E-state index >= 15 is 0 Å². The monoisotopic (exact) mass is 290 g/mol. The fourth-order valence-electron chi connectivity index (χ4n) is 2.30. The van der Waals surface area contributed by atoms with E-state index in [9.17, 15) is 9.59 Å². The van der Waals surface area contributed by atoms with Crippen molar-refractivity contribution >= 4 is 11.6 Å². The Balaban J connectivity index is 2.18. The lowest BCUT2D eigenvalue weighted by atomic mass is 10.1. The van der Waals surface area contributed by atoms with E-state index in [4.69, 9.17) is 11.6 Å². The fourth-order valence-corrected chi connectivity index (χ4v) is 2.57. The standard InChI is InChI=1S/C15H15ClN2O2/c1-15(7-8-15)9-18-13(19)11(12(16)17-14(18)20)10-5-3-2-4-6-10/h2-6H,7-9H2,1H3,(H,17,20). The van der Waals surface area contributed by atoms with Gasteiger partial charge in [0, 0.05) is 6.54 Å². The van der Waals surface area contributed by atoms with Crippen LogP contribution in [0.25, 0.3) is 11.1 Å². The molecule has 3 rings (SSSR count). The van der Waals surface area contributed by atoms with Crippen LogP contribution in [-0.2, 0) is 6.54 Å². The Morgan fingerprint density at radius 1 is 1.25 bits per heavy atom. The molecule has 5 heteroatoms. The van der Waals surface area contributed by atoms with Crippen molar-refractivity contribution in [2.75, 3.05) is 0 Å². The molecule has 1 aromatic carbocycles. The lowest BCUT2D eigenvalue weighted by Gasteiger charge is -2.12. The molecule has 1 N–H and O–H groups in total. The van der Waals surface area contributed by atoms with Crippen LogP contribution >= 0.6 is 11.6 Å². The zero-order valence-electron chi connectivity index (χ0n) is 11.1. The first-order chi connectivity index (χ1) is 9.50. The topological polar surface area (TPSA) is 54.9 Å². The van der Waals surface area contributed by atoms with Crippen LogP contribution in [0, 0.1) is 5.41 Å². The molecule has 1 aromatic heterocycles. The lowest BCUT2D eigenvalue weighted by Crippen LogP contribution is -2.38. The molecule has 1 saturated carbocycles. The van der Waals surface area contributed by atoms with Crippen molar-refractivity contribution in [3.05, 3.63) is 56.3 Å². The van der Waals surface area contributed by atoms with Crippen LogP contribution in [0.15, 0.2) is 39.9 Å². The minimum absolute atomic E-state index is 0.0681. The van der Waals surface area contributed by atoms with E-state index in [2.05, 4.69) is 11.9 Å². The number of benzene rings is 1. The number of nitrogens with one attached hydrogen (secondary N) is 1. The van der Waals surface area contributed by atoms with Crippen LogP contribution in [-0.4, -0.2) is 9.55 Å². The van der Waals surface area contributed by atoms with Crippen LogP contribution in [0.1, 0.15) is 19.8 Å². The first-order valence-corrected chi connectivity index (χ1v) is 6.96. The summed E-state index contributed by atoms with van der Waals surface area (Å²) in [6.45, 7) is 2.52. The van der Waals surface area contributed by atoms with Crippen molar-refractivity contribution in [2.24, 2.45) is 5.41 Å². The molecule has 0 unspecified atom stereocenters. The van der Waals surface area contributed by atoms with Gasteiger partial charge in [0.15, 0.2) is 0 Å². The minimum Gasteiger partial charge on any atom is -0.297 e. The highest BCUT2D eigenvalue weighted by Gasteiger charge is 2.38. The van der Waals surface area contributed by atoms with E-state index < -0.39 is 5.69 Å². The summed E-state index contributed by atoms with van der Waals surface area (Å²) in [4.78, 5) is 27.1. The van der Waals surface area contributed by atoms with Crippen molar-refractivity contribution in [3.63, 3.8) is 0 Å². The summed E-state index contributed by atoms with van der Waals surface area (Å²) < 4.78 is 1.27. The average Bonchev–Trinajstić information content (AvgIpc) is 3.14. The summed E-state index contributed by atoms with van der Waals surface area (Å²) in [5.74, 6) is 0. The van der Waals surface area contributed by atoms with Gasteiger partial charge < -0.3 is 0 Å². The highest BCUT2D eigenvalue weighted by molar-refractivity contribution is 6.32. The molecular weight excluding hydrogens is 276 g/mol. The van der Waals surface area contributed by atoms with Gasteiger partial charge in [-0.2, -0.15) is 0 Å². The number of nitrogens with zero attached hydrogens (tertiary/aromatic N) is 1. The fraction of sp³-hybridized carbons (Fsp3) is 0.333. The van der Waals surface area contributed by atoms with Gasteiger partial charge >= 0.3 is 5.69 Å². The number of aromatic amines is 1. The number of hydrogen-bond donors (Lipinski definition) is 1. The molecule has 104 valence electrons. The van der Waals surface area contributed by atoms with E-state index in [0.29, 0.717) is 17.7 Å². The zero-order chi connectivity index (χ0) is 14.3. The summed E-state index contributed by atoms with van der Waals surface area (Å²) in [6.07, 6.45) is 2.09. The summed E-state index contributed by atoms with van der Waals surface area (Å²) >= 11 is 6.06. The maximum absolute atomic E-state index is 12.6. The second kappa shape index (κ2) is 4.63. The van der Waals surface area contributed by atoms with Gasteiger partial charge in [-0.3, -0.25) is 14.3 Å². The third-order valence-electron chi connectivity index (χ3n) is 3.85. The van der Waals surface area contributed by atoms with E-state index in [1.807, 2.05) is 30.3 Å². The third kappa shape index (κ3) is 2.31. The first kappa shape index (κ1) is 13.2. The predicted molar refractivity (Wildman–Crippen MR) is 79.1 cm³/mol. The van der Waals surface area contributed by atoms with Crippen LogP contribution in [0.3, 0.4) is 0 Å². The molecule has 0 radical (unpaired) electrons. The van der Waals surface area contributed by atoms with Gasteiger partial charge in [0.25, 0.3) is 5.56 Å². The Morgan fingerprint density at radius 3 is 2.50 bits per heavy atom. The van der Waals surface area contributed by atoms with E-state index in [1.165, 1.54) is 4.57 Å². The number of rotatable bonds is 3. The quantitative estimate of drug-likeness (QED) is 0.884. The van der Waals surface area contributed by atoms with Gasteiger partial charge in [-0.25, -0.2) is 4.79 Å². The van der Waals surface area contributed by atoms with Gasteiger partial charge in [0.2, 0.25) is 0 Å². The van der Waals surface area contributed by atoms with E-state index in [-0.39, 0.29) is 16.1 Å². The normalized spacial score (nSPS) is 16.1. The maximum atomic E-state index is 12.6. The van der Waals surface area contributed by atoms with Crippen LogP contribution in [0.2, 0.25) is 5.15 Å². The predicted octanol–water partition coefficient (Wildman–Crippen LogP) is 2.66. The largest absolute Gasteiger partial charge is 0.329 e. The molecule has 1 heterocycles. The molecule has 0 spiro atoms. The number of hydrogen-bond acceptors (Lipinski definition) is 2. The second-order valence-corrected chi connectivity index (χ2v) is 6.07. The van der Waals surface area contributed by atoms with E-state index in [0.717, 1.165) is 12.8 Å². The summed E-state index contributed by atoms with van der Waals surface area (Å²) in [5.41, 5.74) is 0.383. The lowest BCUT2D eigenvalue weighted by molar-refractivity contribution is 0.441.